The number of hydrogen-bond acceptors (Lipinski definition) is 3. The molecule has 0 radical (unpaired) electrons. The van der Waals surface area contributed by atoms with Crippen molar-refractivity contribution in [3.63, 3.8) is 0 Å². The normalized spacial score (nSPS) is 13.8. The van der Waals surface area contributed by atoms with Crippen molar-refractivity contribution in [2.75, 3.05) is 11.4 Å². The molecule has 0 bridgehead atoms. The topological polar surface area (TPSA) is 40.5 Å². The van der Waals surface area contributed by atoms with Crippen LogP contribution in [0, 0.1) is 0 Å². The van der Waals surface area contributed by atoms with Crippen molar-refractivity contribution >= 4 is 33.9 Å². The van der Waals surface area contributed by atoms with E-state index in [0.717, 1.165) is 5.00 Å². The molecule has 106 valence electrons. The predicted octanol–water partition coefficient (Wildman–Crippen LogP) is 4.23. The van der Waals surface area contributed by atoms with Gasteiger partial charge < -0.3 is 10.0 Å². The van der Waals surface area contributed by atoms with Gasteiger partial charge in [-0.25, -0.2) is 4.79 Å². The molecule has 0 aliphatic rings. The van der Waals surface area contributed by atoms with Gasteiger partial charge in [0.05, 0.1) is 5.00 Å². The van der Waals surface area contributed by atoms with Crippen molar-refractivity contribution < 1.29 is 9.90 Å². The Balaban J connectivity index is 2.60. The maximum atomic E-state index is 12.0. The third kappa shape index (κ3) is 2.41. The summed E-state index contributed by atoms with van der Waals surface area (Å²) in [5.41, 5.74) is -0.595. The molecular formula is C15H16ClNO2S. The molecule has 0 saturated heterocycles. The number of benzene rings is 1. The zero-order chi connectivity index (χ0) is 14.8. The third-order valence-corrected chi connectivity index (χ3v) is 4.66. The molecule has 1 heterocycles. The number of thiophene rings is 1. The van der Waals surface area contributed by atoms with Gasteiger partial charge in [-0.05, 0) is 37.4 Å². The molecule has 1 unspecified atom stereocenters. The average molecular weight is 310 g/mol. The number of carbonyl (C=O) groups is 1. The fraction of sp³-hybridized carbons (Fsp3) is 0.267. The van der Waals surface area contributed by atoms with Crippen molar-refractivity contribution in [3.05, 3.63) is 52.4 Å². The van der Waals surface area contributed by atoms with Crippen molar-refractivity contribution in [1.82, 2.24) is 0 Å². The zero-order valence-corrected chi connectivity index (χ0v) is 12.9. The van der Waals surface area contributed by atoms with Crippen LogP contribution < -0.4 is 4.90 Å². The molecule has 1 aromatic heterocycles. The monoisotopic (exact) mass is 309 g/mol. The molecule has 1 aromatic carbocycles. The molecule has 20 heavy (non-hydrogen) atoms. The molecule has 0 aliphatic carbocycles. The third-order valence-electron chi connectivity index (χ3n) is 3.44. The summed E-state index contributed by atoms with van der Waals surface area (Å²) in [6.45, 7) is 4.21. The smallest absolute Gasteiger partial charge is 0.334 e. The first-order chi connectivity index (χ1) is 9.51. The van der Waals surface area contributed by atoms with Gasteiger partial charge >= 0.3 is 5.97 Å². The van der Waals surface area contributed by atoms with Crippen molar-refractivity contribution in [1.29, 1.82) is 0 Å². The first-order valence-corrected chi connectivity index (χ1v) is 7.57. The van der Waals surface area contributed by atoms with Gasteiger partial charge in [-0.15, -0.1) is 11.3 Å². The number of anilines is 1. The second-order valence-electron chi connectivity index (χ2n) is 4.55. The maximum absolute atomic E-state index is 12.0. The Labute approximate surface area is 127 Å². The van der Waals surface area contributed by atoms with Gasteiger partial charge in [-0.1, -0.05) is 29.8 Å². The molecule has 0 aliphatic heterocycles. The van der Waals surface area contributed by atoms with Gasteiger partial charge in [-0.3, -0.25) is 0 Å². The lowest BCUT2D eigenvalue weighted by atomic mass is 9.90. The molecule has 0 amide bonds. The number of nitrogens with zero attached hydrogens (tertiary/aromatic N) is 1. The Morgan fingerprint density at radius 1 is 1.35 bits per heavy atom. The van der Waals surface area contributed by atoms with E-state index in [0.29, 0.717) is 17.1 Å². The van der Waals surface area contributed by atoms with E-state index < -0.39 is 11.5 Å². The summed E-state index contributed by atoms with van der Waals surface area (Å²) in [4.78, 5) is 13.8. The number of rotatable bonds is 5. The molecule has 2 aromatic rings. The lowest BCUT2D eigenvalue weighted by molar-refractivity contribution is -0.143. The van der Waals surface area contributed by atoms with E-state index in [-0.39, 0.29) is 0 Å². The van der Waals surface area contributed by atoms with Gasteiger partial charge in [0.2, 0.25) is 0 Å². The van der Waals surface area contributed by atoms with Crippen LogP contribution in [0.25, 0.3) is 0 Å². The van der Waals surface area contributed by atoms with Crippen LogP contribution >= 0.6 is 22.9 Å². The standard InChI is InChI=1S/C15H16ClNO2S/c1-3-17(13-9-6-10-20-13)15(2,14(18)19)11-7-4-5-8-12(11)16/h4-10H,3H2,1-2H3,(H,18,19). The second-order valence-corrected chi connectivity index (χ2v) is 5.89. The Hall–Kier alpha value is -1.52. The number of carboxylic acids is 1. The van der Waals surface area contributed by atoms with E-state index in [1.807, 2.05) is 35.4 Å². The van der Waals surface area contributed by atoms with Crippen LogP contribution in [-0.4, -0.2) is 17.6 Å². The van der Waals surface area contributed by atoms with Gasteiger partial charge in [0.25, 0.3) is 0 Å². The number of likely N-dealkylation sites (N-methyl/N-ethyl adjacent to an activating group) is 1. The van der Waals surface area contributed by atoms with Gasteiger partial charge in [0.1, 0.15) is 0 Å². The second kappa shape index (κ2) is 5.85. The molecule has 0 spiro atoms. The van der Waals surface area contributed by atoms with Crippen LogP contribution in [-0.2, 0) is 10.3 Å². The fourth-order valence-corrected chi connectivity index (χ4v) is 3.56. The van der Waals surface area contributed by atoms with Crippen molar-refractivity contribution in [2.45, 2.75) is 19.4 Å². The first-order valence-electron chi connectivity index (χ1n) is 6.31. The molecular weight excluding hydrogens is 294 g/mol. The maximum Gasteiger partial charge on any atom is 0.334 e. The predicted molar refractivity (Wildman–Crippen MR) is 83.8 cm³/mol. The Morgan fingerprint density at radius 3 is 2.55 bits per heavy atom. The SMILES string of the molecule is CCN(c1cccs1)C(C)(C(=O)O)c1ccccc1Cl. The fourth-order valence-electron chi connectivity index (χ4n) is 2.35. The van der Waals surface area contributed by atoms with Gasteiger partial charge in [-0.2, -0.15) is 0 Å². The minimum atomic E-state index is -1.20. The summed E-state index contributed by atoms with van der Waals surface area (Å²) in [7, 11) is 0. The Bertz CT molecular complexity index is 600. The number of halogens is 1. The highest BCUT2D eigenvalue weighted by atomic mass is 35.5. The molecule has 0 saturated carbocycles. The highest BCUT2D eigenvalue weighted by molar-refractivity contribution is 7.14. The number of carboxylic acid groups (broad SMARTS) is 1. The summed E-state index contributed by atoms with van der Waals surface area (Å²) in [6.07, 6.45) is 0. The number of hydrogen-bond donors (Lipinski definition) is 1. The molecule has 1 atom stereocenters. The molecule has 1 N–H and O–H groups in total. The van der Waals surface area contributed by atoms with Gasteiger partial charge in [0.15, 0.2) is 5.54 Å². The van der Waals surface area contributed by atoms with Crippen LogP contribution in [0.3, 0.4) is 0 Å². The quantitative estimate of drug-likeness (QED) is 0.898. The summed E-state index contributed by atoms with van der Waals surface area (Å²) in [6, 6.07) is 10.9. The van der Waals surface area contributed by atoms with E-state index in [4.69, 9.17) is 11.6 Å². The van der Waals surface area contributed by atoms with Crippen LogP contribution in [0.15, 0.2) is 41.8 Å². The van der Waals surface area contributed by atoms with E-state index in [1.165, 1.54) is 11.3 Å². The van der Waals surface area contributed by atoms with E-state index in [1.54, 1.807) is 25.1 Å². The minimum Gasteiger partial charge on any atom is -0.479 e. The van der Waals surface area contributed by atoms with Gasteiger partial charge in [0, 0.05) is 17.1 Å². The van der Waals surface area contributed by atoms with Crippen LogP contribution in [0.2, 0.25) is 5.02 Å². The minimum absolute atomic E-state index is 0.465. The highest BCUT2D eigenvalue weighted by Gasteiger charge is 2.42. The molecule has 3 nitrogen and oxygen atoms in total. The van der Waals surface area contributed by atoms with E-state index >= 15 is 0 Å². The Morgan fingerprint density at radius 2 is 2.05 bits per heavy atom. The van der Waals surface area contributed by atoms with Crippen LogP contribution in [0.4, 0.5) is 5.00 Å². The zero-order valence-electron chi connectivity index (χ0n) is 11.3. The largest absolute Gasteiger partial charge is 0.479 e. The van der Waals surface area contributed by atoms with Crippen molar-refractivity contribution in [2.24, 2.45) is 0 Å². The van der Waals surface area contributed by atoms with Crippen molar-refractivity contribution in [3.8, 4) is 0 Å². The average Bonchev–Trinajstić information content (AvgIpc) is 2.93. The summed E-state index contributed by atoms with van der Waals surface area (Å²) in [5.74, 6) is -0.916. The number of aliphatic carboxylic acids is 1. The molecule has 0 fully saturated rings. The van der Waals surface area contributed by atoms with E-state index in [9.17, 15) is 9.90 Å². The summed E-state index contributed by atoms with van der Waals surface area (Å²) < 4.78 is 0. The lowest BCUT2D eigenvalue weighted by Crippen LogP contribution is -2.50. The summed E-state index contributed by atoms with van der Waals surface area (Å²) >= 11 is 7.75. The Kier molecular flexibility index (Phi) is 4.35. The first kappa shape index (κ1) is 14.9. The van der Waals surface area contributed by atoms with Crippen LogP contribution in [0.1, 0.15) is 19.4 Å². The highest BCUT2D eigenvalue weighted by Crippen LogP contribution is 2.38. The summed E-state index contributed by atoms with van der Waals surface area (Å²) in [5, 5.41) is 13.1. The molecule has 2 rings (SSSR count). The van der Waals surface area contributed by atoms with E-state index in [2.05, 4.69) is 0 Å². The lowest BCUT2D eigenvalue weighted by Gasteiger charge is -2.39. The van der Waals surface area contributed by atoms with Crippen LogP contribution in [0.5, 0.6) is 0 Å². The molecule has 5 heteroatoms.